The van der Waals surface area contributed by atoms with Crippen LogP contribution in [-0.2, 0) is 10.1 Å². The number of rotatable bonds is 7. The molecule has 1 rings (SSSR count). The molecule has 0 aromatic heterocycles. The first kappa shape index (κ1) is 16.4. The van der Waals surface area contributed by atoms with Crippen LogP contribution < -0.4 is 0 Å². The van der Waals surface area contributed by atoms with Gasteiger partial charge in [0.2, 0.25) is 6.34 Å². The lowest BCUT2D eigenvalue weighted by atomic mass is 9.90. The monoisotopic (exact) mass is 291 g/mol. The van der Waals surface area contributed by atoms with E-state index in [9.17, 15) is 8.42 Å². The minimum atomic E-state index is -3.81. The molecule has 0 aliphatic carbocycles. The van der Waals surface area contributed by atoms with Crippen LogP contribution in [0.15, 0.2) is 0 Å². The number of hydrogen-bond donors (Lipinski definition) is 1. The molecule has 1 aliphatic heterocycles. The van der Waals surface area contributed by atoms with Gasteiger partial charge in [-0.2, -0.15) is 8.42 Å². The lowest BCUT2D eigenvalue weighted by Crippen LogP contribution is -2.22. The van der Waals surface area contributed by atoms with E-state index >= 15 is 0 Å². The van der Waals surface area contributed by atoms with Gasteiger partial charge in [0.1, 0.15) is 13.1 Å². The van der Waals surface area contributed by atoms with Gasteiger partial charge >= 0.3 is 0 Å². The quantitative estimate of drug-likeness (QED) is 0.570. The molecule has 0 spiro atoms. The van der Waals surface area contributed by atoms with E-state index in [4.69, 9.17) is 4.55 Å². The molecule has 1 N–H and O–H groups in total. The third kappa shape index (κ3) is 8.21. The van der Waals surface area contributed by atoms with E-state index < -0.39 is 10.1 Å². The van der Waals surface area contributed by atoms with E-state index in [-0.39, 0.29) is 5.75 Å². The fourth-order valence-electron chi connectivity index (χ4n) is 2.20. The van der Waals surface area contributed by atoms with Crippen molar-refractivity contribution in [2.75, 3.05) is 31.9 Å². The first-order valence-corrected chi connectivity index (χ1v) is 8.55. The summed E-state index contributed by atoms with van der Waals surface area (Å²) in [5.74, 6) is -0.151. The zero-order valence-corrected chi connectivity index (χ0v) is 13.1. The molecule has 0 amide bonds. The summed E-state index contributed by atoms with van der Waals surface area (Å²) in [6.45, 7) is 10.5. The molecule has 1 heterocycles. The van der Waals surface area contributed by atoms with Crippen LogP contribution >= 0.6 is 0 Å². The molecule has 0 saturated carbocycles. The topological polar surface area (TPSA) is 60.6 Å². The van der Waals surface area contributed by atoms with E-state index in [0.717, 1.165) is 19.6 Å². The SMILES string of the molecule is CC(C)(C)CCCN1C=[N+](CCCS(=O)(=O)O)CC1. The van der Waals surface area contributed by atoms with Crippen LogP contribution in [0.5, 0.6) is 0 Å². The molecule has 19 heavy (non-hydrogen) atoms. The highest BCUT2D eigenvalue weighted by molar-refractivity contribution is 7.85. The summed E-state index contributed by atoms with van der Waals surface area (Å²) in [5, 5.41) is 0. The third-order valence-corrected chi connectivity index (χ3v) is 4.03. The standard InChI is InChI=1S/C13H26N2O3S/c1-13(2,3)6-4-7-14-9-10-15(12-14)8-5-11-19(16,17)18/h12H,4-11H2,1-3H3/p+1. The lowest BCUT2D eigenvalue weighted by Gasteiger charge is -2.18. The third-order valence-electron chi connectivity index (χ3n) is 3.22. The first-order valence-electron chi connectivity index (χ1n) is 6.94. The van der Waals surface area contributed by atoms with Gasteiger partial charge in [0, 0.05) is 6.42 Å². The summed E-state index contributed by atoms with van der Waals surface area (Å²) >= 11 is 0. The summed E-state index contributed by atoms with van der Waals surface area (Å²) in [5.41, 5.74) is 0.384. The average molecular weight is 291 g/mol. The summed E-state index contributed by atoms with van der Waals surface area (Å²) in [4.78, 5) is 2.29. The molecule has 0 unspecified atom stereocenters. The highest BCUT2D eigenvalue weighted by Gasteiger charge is 2.20. The van der Waals surface area contributed by atoms with Gasteiger partial charge in [0.05, 0.1) is 18.8 Å². The molecule has 0 bridgehead atoms. The molecule has 5 nitrogen and oxygen atoms in total. The number of hydrogen-bond acceptors (Lipinski definition) is 3. The minimum absolute atomic E-state index is 0.151. The largest absolute Gasteiger partial charge is 0.286 e. The Morgan fingerprint density at radius 2 is 2.00 bits per heavy atom. The normalized spacial score (nSPS) is 16.8. The molecule has 1 aliphatic rings. The van der Waals surface area contributed by atoms with Crippen molar-refractivity contribution >= 4 is 16.5 Å². The summed E-state index contributed by atoms with van der Waals surface area (Å²) in [7, 11) is -3.81. The predicted molar refractivity (Wildman–Crippen MR) is 77.4 cm³/mol. The van der Waals surface area contributed by atoms with Crippen molar-refractivity contribution in [1.82, 2.24) is 4.90 Å². The van der Waals surface area contributed by atoms with Gasteiger partial charge in [-0.05, 0) is 18.3 Å². The van der Waals surface area contributed by atoms with Gasteiger partial charge in [0.15, 0.2) is 0 Å². The van der Waals surface area contributed by atoms with Crippen molar-refractivity contribution in [1.29, 1.82) is 0 Å². The highest BCUT2D eigenvalue weighted by Crippen LogP contribution is 2.20. The van der Waals surface area contributed by atoms with Crippen LogP contribution in [0.4, 0.5) is 0 Å². The molecule has 0 atom stereocenters. The van der Waals surface area contributed by atoms with Crippen LogP contribution in [-0.4, -0.2) is 60.7 Å². The second-order valence-electron chi connectivity index (χ2n) is 6.49. The van der Waals surface area contributed by atoms with Gasteiger partial charge in [-0.3, -0.25) is 14.0 Å². The second kappa shape index (κ2) is 6.70. The molecular formula is C13H27N2O3S+. The van der Waals surface area contributed by atoms with Crippen LogP contribution in [0.3, 0.4) is 0 Å². The van der Waals surface area contributed by atoms with E-state index in [1.54, 1.807) is 0 Å². The zero-order chi connectivity index (χ0) is 14.5. The van der Waals surface area contributed by atoms with Crippen LogP contribution in [0.25, 0.3) is 0 Å². The van der Waals surface area contributed by atoms with Crippen LogP contribution in [0, 0.1) is 5.41 Å². The maximum Gasteiger partial charge on any atom is 0.265 e. The summed E-state index contributed by atoms with van der Waals surface area (Å²) < 4.78 is 32.0. The predicted octanol–water partition coefficient (Wildman–Crippen LogP) is 1.45. The van der Waals surface area contributed by atoms with Crippen LogP contribution in [0.1, 0.15) is 40.0 Å². The van der Waals surface area contributed by atoms with Crippen molar-refractivity contribution in [2.24, 2.45) is 5.41 Å². The maximum absolute atomic E-state index is 10.6. The molecule has 0 saturated heterocycles. The Balaban J connectivity index is 2.23. The van der Waals surface area contributed by atoms with Crippen molar-refractivity contribution in [3.63, 3.8) is 0 Å². The molecule has 0 fully saturated rings. The molecular weight excluding hydrogens is 264 g/mol. The Labute approximate surface area is 117 Å². The smallest absolute Gasteiger partial charge is 0.265 e. The molecule has 112 valence electrons. The van der Waals surface area contributed by atoms with Gasteiger partial charge in [0.25, 0.3) is 10.1 Å². The van der Waals surface area contributed by atoms with Gasteiger partial charge in [-0.25, -0.2) is 0 Å². The highest BCUT2D eigenvalue weighted by atomic mass is 32.2. The van der Waals surface area contributed by atoms with Crippen LogP contribution in [0.2, 0.25) is 0 Å². The Bertz CT molecular complexity index is 410. The fourth-order valence-corrected chi connectivity index (χ4v) is 2.70. The average Bonchev–Trinajstić information content (AvgIpc) is 2.62. The molecule has 0 aromatic rings. The van der Waals surface area contributed by atoms with Gasteiger partial charge in [-0.1, -0.05) is 20.8 Å². The maximum atomic E-state index is 10.6. The number of nitrogens with zero attached hydrogens (tertiary/aromatic N) is 2. The molecule has 0 radical (unpaired) electrons. The van der Waals surface area contributed by atoms with Crippen molar-refractivity contribution < 1.29 is 17.5 Å². The van der Waals surface area contributed by atoms with Gasteiger partial charge in [-0.15, -0.1) is 0 Å². The first-order chi connectivity index (χ1) is 8.66. The van der Waals surface area contributed by atoms with Gasteiger partial charge < -0.3 is 0 Å². The van der Waals surface area contributed by atoms with E-state index in [2.05, 4.69) is 36.6 Å². The van der Waals surface area contributed by atoms with E-state index in [0.29, 0.717) is 18.4 Å². The Hall–Kier alpha value is -0.620. The summed E-state index contributed by atoms with van der Waals surface area (Å²) in [6, 6.07) is 0. The Morgan fingerprint density at radius 3 is 2.58 bits per heavy atom. The Morgan fingerprint density at radius 1 is 1.32 bits per heavy atom. The minimum Gasteiger partial charge on any atom is -0.286 e. The van der Waals surface area contributed by atoms with Crippen molar-refractivity contribution in [2.45, 2.75) is 40.0 Å². The Kier molecular flexibility index (Phi) is 5.80. The van der Waals surface area contributed by atoms with Crippen molar-refractivity contribution in [3.05, 3.63) is 0 Å². The molecule has 0 aromatic carbocycles. The lowest BCUT2D eigenvalue weighted by molar-refractivity contribution is -0.513. The fraction of sp³-hybridized carbons (Fsp3) is 0.923. The van der Waals surface area contributed by atoms with Crippen molar-refractivity contribution in [3.8, 4) is 0 Å². The molecule has 6 heteroatoms. The summed E-state index contributed by atoms with van der Waals surface area (Å²) in [6.07, 6.45) is 4.96. The van der Waals surface area contributed by atoms with E-state index in [1.165, 1.54) is 12.8 Å². The zero-order valence-electron chi connectivity index (χ0n) is 12.3. The van der Waals surface area contributed by atoms with E-state index in [1.807, 2.05) is 0 Å². The second-order valence-corrected chi connectivity index (χ2v) is 8.06.